The second kappa shape index (κ2) is 5.93. The molecule has 5 heteroatoms. The summed E-state index contributed by atoms with van der Waals surface area (Å²) in [6.45, 7) is 2.78. The lowest BCUT2D eigenvalue weighted by atomic mass is 10.2. The van der Waals surface area contributed by atoms with Crippen LogP contribution in [-0.4, -0.2) is 23.6 Å². The van der Waals surface area contributed by atoms with Gasteiger partial charge in [0.05, 0.1) is 6.04 Å². The first-order chi connectivity index (χ1) is 8.72. The first-order valence-corrected chi connectivity index (χ1v) is 6.87. The average molecular weight is 262 g/mol. The Bertz CT molecular complexity index is 466. The normalized spacial score (nSPS) is 12.4. The molecule has 0 saturated carbocycles. The monoisotopic (exact) mass is 262 g/mol. The minimum atomic E-state index is 0.283. The molecule has 0 aliphatic rings. The van der Waals surface area contributed by atoms with Crippen LogP contribution in [0.2, 0.25) is 0 Å². The first-order valence-electron chi connectivity index (χ1n) is 5.99. The highest BCUT2D eigenvalue weighted by atomic mass is 32.1. The van der Waals surface area contributed by atoms with Crippen molar-refractivity contribution in [3.8, 4) is 0 Å². The van der Waals surface area contributed by atoms with Gasteiger partial charge in [-0.1, -0.05) is 6.07 Å². The molecular weight excluding hydrogens is 244 g/mol. The van der Waals surface area contributed by atoms with E-state index >= 15 is 0 Å². The molecule has 2 aromatic rings. The van der Waals surface area contributed by atoms with E-state index in [1.54, 1.807) is 11.3 Å². The summed E-state index contributed by atoms with van der Waals surface area (Å²) in [5.41, 5.74) is 6.59. The highest BCUT2D eigenvalue weighted by Gasteiger charge is 2.15. The predicted molar refractivity (Wildman–Crippen MR) is 75.9 cm³/mol. The van der Waals surface area contributed by atoms with Crippen LogP contribution in [0.5, 0.6) is 0 Å². The number of hydrogen-bond acceptors (Lipinski definition) is 5. The third-order valence-corrected chi connectivity index (χ3v) is 4.02. The van der Waals surface area contributed by atoms with Gasteiger partial charge in [0, 0.05) is 24.3 Å². The third kappa shape index (κ3) is 2.86. The van der Waals surface area contributed by atoms with Gasteiger partial charge in [0.25, 0.3) is 0 Å². The fraction of sp³-hybridized carbons (Fsp3) is 0.385. The van der Waals surface area contributed by atoms with Crippen LogP contribution in [0.4, 0.5) is 5.95 Å². The molecule has 2 heterocycles. The van der Waals surface area contributed by atoms with Gasteiger partial charge in [-0.05, 0) is 36.9 Å². The molecule has 0 saturated heterocycles. The van der Waals surface area contributed by atoms with E-state index < -0.39 is 0 Å². The summed E-state index contributed by atoms with van der Waals surface area (Å²) < 4.78 is 0. The van der Waals surface area contributed by atoms with E-state index in [-0.39, 0.29) is 6.04 Å². The van der Waals surface area contributed by atoms with Crippen LogP contribution in [0.25, 0.3) is 0 Å². The molecule has 0 aromatic carbocycles. The number of nitrogens with zero attached hydrogens (tertiary/aromatic N) is 3. The van der Waals surface area contributed by atoms with Crippen molar-refractivity contribution >= 4 is 17.3 Å². The van der Waals surface area contributed by atoms with Crippen LogP contribution in [0, 0.1) is 0 Å². The summed E-state index contributed by atoms with van der Waals surface area (Å²) in [5.74, 6) is 0.747. The molecule has 0 amide bonds. The molecular formula is C13H18N4S. The van der Waals surface area contributed by atoms with Crippen LogP contribution in [0.15, 0.2) is 29.9 Å². The summed E-state index contributed by atoms with van der Waals surface area (Å²) in [6, 6.07) is 4.48. The van der Waals surface area contributed by atoms with Gasteiger partial charge >= 0.3 is 0 Å². The minimum Gasteiger partial charge on any atom is -0.336 e. The van der Waals surface area contributed by atoms with E-state index in [0.717, 1.165) is 17.9 Å². The molecule has 2 aromatic heterocycles. The molecule has 0 aliphatic carbocycles. The molecule has 96 valence electrons. The average Bonchev–Trinajstić information content (AvgIpc) is 2.92. The van der Waals surface area contributed by atoms with E-state index in [1.807, 2.05) is 19.4 Å². The standard InChI is InChI=1S/C13H18N4S/c1-10(12-4-3-7-18-12)17(2)13-15-8-11(5-6-14)9-16-13/h3-4,7-10H,5-6,14H2,1-2H3. The van der Waals surface area contributed by atoms with Crippen molar-refractivity contribution in [1.29, 1.82) is 0 Å². The zero-order valence-corrected chi connectivity index (χ0v) is 11.5. The molecule has 0 fully saturated rings. The molecule has 18 heavy (non-hydrogen) atoms. The fourth-order valence-corrected chi connectivity index (χ4v) is 2.55. The highest BCUT2D eigenvalue weighted by molar-refractivity contribution is 7.10. The van der Waals surface area contributed by atoms with Crippen molar-refractivity contribution in [3.05, 3.63) is 40.3 Å². The molecule has 4 nitrogen and oxygen atoms in total. The SMILES string of the molecule is CC(c1cccs1)N(C)c1ncc(CCN)cn1. The van der Waals surface area contributed by atoms with Gasteiger partial charge in [-0.15, -0.1) is 11.3 Å². The molecule has 0 aliphatic heterocycles. The third-order valence-electron chi connectivity index (χ3n) is 2.98. The smallest absolute Gasteiger partial charge is 0.225 e. The van der Waals surface area contributed by atoms with E-state index in [0.29, 0.717) is 6.54 Å². The maximum atomic E-state index is 5.51. The lowest BCUT2D eigenvalue weighted by molar-refractivity contribution is 0.725. The van der Waals surface area contributed by atoms with Crippen LogP contribution in [-0.2, 0) is 6.42 Å². The number of rotatable bonds is 5. The van der Waals surface area contributed by atoms with E-state index in [4.69, 9.17) is 5.73 Å². The number of nitrogens with two attached hydrogens (primary N) is 1. The fourth-order valence-electron chi connectivity index (χ4n) is 1.72. The summed E-state index contributed by atoms with van der Waals surface area (Å²) >= 11 is 1.75. The Morgan fingerprint density at radius 3 is 2.67 bits per heavy atom. The van der Waals surface area contributed by atoms with Crippen molar-refractivity contribution in [1.82, 2.24) is 9.97 Å². The van der Waals surface area contributed by atoms with Crippen LogP contribution in [0.1, 0.15) is 23.4 Å². The van der Waals surface area contributed by atoms with Crippen molar-refractivity contribution in [3.63, 3.8) is 0 Å². The number of anilines is 1. The lowest BCUT2D eigenvalue weighted by Gasteiger charge is -2.23. The van der Waals surface area contributed by atoms with E-state index in [9.17, 15) is 0 Å². The Balaban J connectivity index is 2.11. The first kappa shape index (κ1) is 13.0. The number of thiophene rings is 1. The van der Waals surface area contributed by atoms with Crippen LogP contribution in [0.3, 0.4) is 0 Å². The van der Waals surface area contributed by atoms with Gasteiger partial charge in [-0.3, -0.25) is 0 Å². The summed E-state index contributed by atoms with van der Waals surface area (Å²) in [5, 5.41) is 2.09. The van der Waals surface area contributed by atoms with Crippen molar-refractivity contribution in [2.24, 2.45) is 5.73 Å². The summed E-state index contributed by atoms with van der Waals surface area (Å²) in [4.78, 5) is 12.2. The molecule has 1 unspecified atom stereocenters. The van der Waals surface area contributed by atoms with Gasteiger partial charge in [-0.2, -0.15) is 0 Å². The van der Waals surface area contributed by atoms with Gasteiger partial charge in [0.2, 0.25) is 5.95 Å². The summed E-state index contributed by atoms with van der Waals surface area (Å²) in [7, 11) is 2.02. The molecule has 0 spiro atoms. The Kier molecular flexibility index (Phi) is 4.28. The quantitative estimate of drug-likeness (QED) is 0.898. The Morgan fingerprint density at radius 2 is 2.11 bits per heavy atom. The van der Waals surface area contributed by atoms with Gasteiger partial charge in [0.1, 0.15) is 0 Å². The molecule has 0 radical (unpaired) electrons. The van der Waals surface area contributed by atoms with Gasteiger partial charge < -0.3 is 10.6 Å². The Morgan fingerprint density at radius 1 is 1.39 bits per heavy atom. The van der Waals surface area contributed by atoms with Gasteiger partial charge in [0.15, 0.2) is 0 Å². The minimum absolute atomic E-state index is 0.283. The van der Waals surface area contributed by atoms with Crippen LogP contribution < -0.4 is 10.6 Å². The second-order valence-corrected chi connectivity index (χ2v) is 5.21. The van der Waals surface area contributed by atoms with E-state index in [2.05, 4.69) is 39.3 Å². The maximum absolute atomic E-state index is 5.51. The highest BCUT2D eigenvalue weighted by Crippen LogP contribution is 2.25. The van der Waals surface area contributed by atoms with Gasteiger partial charge in [-0.25, -0.2) is 9.97 Å². The maximum Gasteiger partial charge on any atom is 0.225 e. The second-order valence-electron chi connectivity index (χ2n) is 4.23. The van der Waals surface area contributed by atoms with Crippen molar-refractivity contribution in [2.75, 3.05) is 18.5 Å². The largest absolute Gasteiger partial charge is 0.336 e. The zero-order chi connectivity index (χ0) is 13.0. The van der Waals surface area contributed by atoms with Crippen molar-refractivity contribution < 1.29 is 0 Å². The predicted octanol–water partition coefficient (Wildman–Crippen LogP) is 2.24. The molecule has 2 rings (SSSR count). The van der Waals surface area contributed by atoms with Crippen LogP contribution >= 0.6 is 11.3 Å². The molecule has 1 atom stereocenters. The molecule has 2 N–H and O–H groups in total. The number of aromatic nitrogens is 2. The molecule has 0 bridgehead atoms. The Hall–Kier alpha value is -1.46. The lowest BCUT2D eigenvalue weighted by Crippen LogP contribution is -2.23. The van der Waals surface area contributed by atoms with E-state index in [1.165, 1.54) is 4.88 Å². The summed E-state index contributed by atoms with van der Waals surface area (Å²) in [6.07, 6.45) is 4.53. The van der Waals surface area contributed by atoms with Crippen molar-refractivity contribution in [2.45, 2.75) is 19.4 Å². The zero-order valence-electron chi connectivity index (χ0n) is 10.7. The Labute approximate surface area is 111 Å². The topological polar surface area (TPSA) is 55.0 Å². The number of hydrogen-bond donors (Lipinski definition) is 1.